The molecule has 1 saturated carbocycles. The smallest absolute Gasteiger partial charge is 0.233 e. The normalized spacial score (nSPS) is 27.0. The number of hydrogen-bond donors (Lipinski definition) is 2. The molecule has 0 aromatic carbocycles. The maximum atomic E-state index is 12.7. The molecular weight excluding hydrogens is 309 g/mol. The Kier molecular flexibility index (Phi) is 6.44. The number of aromatic nitrogens is 1. The SMILES string of the molecule is Cc1cccc(NC(=O)[C@@]23CCCC[C@H]2CNC3)n1.Cl.Cl. The van der Waals surface area contributed by atoms with E-state index in [1.807, 2.05) is 25.1 Å². The fourth-order valence-corrected chi connectivity index (χ4v) is 3.54. The number of amides is 1. The van der Waals surface area contributed by atoms with Gasteiger partial charge in [0.2, 0.25) is 5.91 Å². The van der Waals surface area contributed by atoms with Gasteiger partial charge < -0.3 is 10.6 Å². The maximum Gasteiger partial charge on any atom is 0.233 e. The lowest BCUT2D eigenvalue weighted by Crippen LogP contribution is -2.44. The Hall–Kier alpha value is -0.840. The highest BCUT2D eigenvalue weighted by molar-refractivity contribution is 5.95. The Morgan fingerprint density at radius 1 is 1.38 bits per heavy atom. The van der Waals surface area contributed by atoms with Crippen LogP contribution in [0.25, 0.3) is 0 Å². The summed E-state index contributed by atoms with van der Waals surface area (Å²) in [5, 5.41) is 6.43. The molecule has 4 nitrogen and oxygen atoms in total. The van der Waals surface area contributed by atoms with E-state index in [2.05, 4.69) is 15.6 Å². The molecule has 2 aliphatic rings. The number of pyridine rings is 1. The summed E-state index contributed by atoms with van der Waals surface area (Å²) in [6.07, 6.45) is 4.58. The van der Waals surface area contributed by atoms with Crippen LogP contribution in [-0.2, 0) is 4.79 Å². The van der Waals surface area contributed by atoms with Crippen molar-refractivity contribution in [1.82, 2.24) is 10.3 Å². The van der Waals surface area contributed by atoms with Crippen LogP contribution >= 0.6 is 24.8 Å². The number of aryl methyl sites for hydroxylation is 1. The summed E-state index contributed by atoms with van der Waals surface area (Å²) in [6.45, 7) is 3.73. The van der Waals surface area contributed by atoms with Gasteiger partial charge in [-0.3, -0.25) is 4.79 Å². The van der Waals surface area contributed by atoms with Crippen LogP contribution in [0.5, 0.6) is 0 Å². The molecule has 1 saturated heterocycles. The number of carbonyl (C=O) groups excluding carboxylic acids is 1. The van der Waals surface area contributed by atoms with Crippen molar-refractivity contribution in [2.45, 2.75) is 32.6 Å². The quantitative estimate of drug-likeness (QED) is 0.875. The van der Waals surface area contributed by atoms with Crippen LogP contribution in [0, 0.1) is 18.3 Å². The maximum absolute atomic E-state index is 12.7. The number of rotatable bonds is 2. The van der Waals surface area contributed by atoms with Gasteiger partial charge in [-0.25, -0.2) is 4.98 Å². The van der Waals surface area contributed by atoms with Gasteiger partial charge in [0.05, 0.1) is 5.41 Å². The van der Waals surface area contributed by atoms with E-state index in [9.17, 15) is 4.79 Å². The van der Waals surface area contributed by atoms with E-state index in [4.69, 9.17) is 0 Å². The predicted molar refractivity (Wildman–Crippen MR) is 89.4 cm³/mol. The number of carbonyl (C=O) groups is 1. The lowest BCUT2D eigenvalue weighted by atomic mass is 9.67. The first kappa shape index (κ1) is 18.2. The molecule has 0 bridgehead atoms. The van der Waals surface area contributed by atoms with E-state index in [0.29, 0.717) is 11.7 Å². The molecule has 2 fully saturated rings. The summed E-state index contributed by atoms with van der Waals surface area (Å²) < 4.78 is 0. The van der Waals surface area contributed by atoms with E-state index in [0.717, 1.165) is 31.6 Å². The number of halogens is 2. The Morgan fingerprint density at radius 2 is 2.19 bits per heavy atom. The van der Waals surface area contributed by atoms with Crippen molar-refractivity contribution >= 4 is 36.5 Å². The zero-order chi connectivity index (χ0) is 13.3. The lowest BCUT2D eigenvalue weighted by molar-refractivity contribution is -0.128. The van der Waals surface area contributed by atoms with E-state index in [-0.39, 0.29) is 36.1 Å². The van der Waals surface area contributed by atoms with Crippen molar-refractivity contribution in [2.24, 2.45) is 11.3 Å². The molecule has 3 rings (SSSR count). The highest BCUT2D eigenvalue weighted by Crippen LogP contribution is 2.44. The largest absolute Gasteiger partial charge is 0.315 e. The minimum absolute atomic E-state index is 0. The fourth-order valence-electron chi connectivity index (χ4n) is 3.54. The van der Waals surface area contributed by atoms with E-state index < -0.39 is 0 Å². The summed E-state index contributed by atoms with van der Waals surface area (Å²) >= 11 is 0. The summed E-state index contributed by atoms with van der Waals surface area (Å²) in [6, 6.07) is 5.73. The van der Waals surface area contributed by atoms with Crippen LogP contribution in [0.15, 0.2) is 18.2 Å². The molecule has 1 aromatic rings. The zero-order valence-electron chi connectivity index (χ0n) is 12.2. The average molecular weight is 332 g/mol. The van der Waals surface area contributed by atoms with Gasteiger partial charge in [0.25, 0.3) is 0 Å². The van der Waals surface area contributed by atoms with Crippen molar-refractivity contribution in [3.8, 4) is 0 Å². The Labute approximate surface area is 138 Å². The highest BCUT2D eigenvalue weighted by Gasteiger charge is 2.49. The molecule has 21 heavy (non-hydrogen) atoms. The average Bonchev–Trinajstić information content (AvgIpc) is 2.83. The summed E-state index contributed by atoms with van der Waals surface area (Å²) in [5.41, 5.74) is 0.726. The molecule has 6 heteroatoms. The molecule has 1 aliphatic heterocycles. The van der Waals surface area contributed by atoms with Crippen LogP contribution in [0.2, 0.25) is 0 Å². The van der Waals surface area contributed by atoms with Gasteiger partial charge in [0, 0.05) is 12.2 Å². The van der Waals surface area contributed by atoms with Gasteiger partial charge in [-0.2, -0.15) is 0 Å². The topological polar surface area (TPSA) is 54.0 Å². The molecular formula is C15H23Cl2N3O. The molecule has 1 aliphatic carbocycles. The van der Waals surface area contributed by atoms with Crippen LogP contribution in [0.3, 0.4) is 0 Å². The third-order valence-corrected chi connectivity index (χ3v) is 4.62. The lowest BCUT2D eigenvalue weighted by Gasteiger charge is -2.36. The van der Waals surface area contributed by atoms with Crippen LogP contribution in [0.4, 0.5) is 5.82 Å². The monoisotopic (exact) mass is 331 g/mol. The number of nitrogens with zero attached hydrogens (tertiary/aromatic N) is 1. The Bertz CT molecular complexity index is 498. The number of anilines is 1. The Balaban J connectivity index is 0.00000110. The molecule has 0 radical (unpaired) electrons. The van der Waals surface area contributed by atoms with E-state index >= 15 is 0 Å². The second-order valence-corrected chi connectivity index (χ2v) is 5.85. The van der Waals surface area contributed by atoms with Crippen LogP contribution < -0.4 is 10.6 Å². The molecule has 0 spiro atoms. The fraction of sp³-hybridized carbons (Fsp3) is 0.600. The summed E-state index contributed by atoms with van der Waals surface area (Å²) in [7, 11) is 0. The van der Waals surface area contributed by atoms with E-state index in [1.54, 1.807) is 0 Å². The molecule has 2 N–H and O–H groups in total. The first-order valence-electron chi connectivity index (χ1n) is 7.16. The van der Waals surface area contributed by atoms with Gasteiger partial charge in [-0.15, -0.1) is 24.8 Å². The van der Waals surface area contributed by atoms with Gasteiger partial charge in [-0.1, -0.05) is 18.9 Å². The second-order valence-electron chi connectivity index (χ2n) is 5.85. The predicted octanol–water partition coefficient (Wildman–Crippen LogP) is 2.95. The minimum atomic E-state index is -0.205. The standard InChI is InChI=1S/C15H21N3O.2ClH/c1-11-5-4-7-13(17-11)18-14(19)15-8-3-2-6-12(15)9-16-10-15;;/h4-5,7,12,16H,2-3,6,8-10H2,1H3,(H,17,18,19);2*1H/t12-,15+;;/m0../s1. The van der Waals surface area contributed by atoms with Crippen LogP contribution in [-0.4, -0.2) is 24.0 Å². The molecule has 2 atom stereocenters. The van der Waals surface area contributed by atoms with Gasteiger partial charge in [-0.05, 0) is 44.4 Å². The molecule has 1 aromatic heterocycles. The number of fused-ring (bicyclic) bond motifs is 1. The first-order chi connectivity index (χ1) is 9.21. The van der Waals surface area contributed by atoms with Crippen molar-refractivity contribution in [3.05, 3.63) is 23.9 Å². The molecule has 0 unspecified atom stereocenters. The molecule has 2 heterocycles. The van der Waals surface area contributed by atoms with Gasteiger partial charge in [0.1, 0.15) is 5.82 Å². The third kappa shape index (κ3) is 3.50. The van der Waals surface area contributed by atoms with Crippen molar-refractivity contribution < 1.29 is 4.79 Å². The van der Waals surface area contributed by atoms with Crippen molar-refractivity contribution in [2.75, 3.05) is 18.4 Å². The van der Waals surface area contributed by atoms with E-state index in [1.165, 1.54) is 12.8 Å². The van der Waals surface area contributed by atoms with Gasteiger partial charge >= 0.3 is 0 Å². The van der Waals surface area contributed by atoms with Crippen molar-refractivity contribution in [3.63, 3.8) is 0 Å². The van der Waals surface area contributed by atoms with Gasteiger partial charge in [0.15, 0.2) is 0 Å². The Morgan fingerprint density at radius 3 is 2.95 bits per heavy atom. The minimum Gasteiger partial charge on any atom is -0.315 e. The molecule has 1 amide bonds. The third-order valence-electron chi connectivity index (χ3n) is 4.62. The first-order valence-corrected chi connectivity index (χ1v) is 7.16. The zero-order valence-corrected chi connectivity index (χ0v) is 13.9. The number of nitrogens with one attached hydrogen (secondary N) is 2. The molecule has 118 valence electrons. The summed E-state index contributed by atoms with van der Waals surface area (Å²) in [5.74, 6) is 1.32. The summed E-state index contributed by atoms with van der Waals surface area (Å²) in [4.78, 5) is 17.1. The number of hydrogen-bond acceptors (Lipinski definition) is 3. The van der Waals surface area contributed by atoms with Crippen molar-refractivity contribution in [1.29, 1.82) is 0 Å². The van der Waals surface area contributed by atoms with Crippen LogP contribution in [0.1, 0.15) is 31.4 Å². The highest BCUT2D eigenvalue weighted by atomic mass is 35.5. The second kappa shape index (κ2) is 7.43.